The van der Waals surface area contributed by atoms with Gasteiger partial charge in [0, 0.05) is 40.6 Å². The van der Waals surface area contributed by atoms with Crippen LogP contribution in [0.3, 0.4) is 0 Å². The van der Waals surface area contributed by atoms with E-state index in [2.05, 4.69) is 139 Å². The predicted octanol–water partition coefficient (Wildman–Crippen LogP) is 4.94. The Morgan fingerprint density at radius 3 is 2.10 bits per heavy atom. The van der Waals surface area contributed by atoms with Crippen LogP contribution >= 0.6 is 0 Å². The summed E-state index contributed by atoms with van der Waals surface area (Å²) < 4.78 is 12.4. The highest BCUT2D eigenvalue weighted by atomic mass is 16.5. The molecule has 0 radical (unpaired) electrons. The van der Waals surface area contributed by atoms with E-state index in [-0.39, 0.29) is 6.04 Å². The van der Waals surface area contributed by atoms with E-state index >= 15 is 0 Å². The van der Waals surface area contributed by atoms with Crippen LogP contribution in [0.25, 0.3) is 17.2 Å². The fourth-order valence-electron chi connectivity index (χ4n) is 7.00. The topological polar surface area (TPSA) is 68.5 Å². The van der Waals surface area contributed by atoms with Crippen LogP contribution in [0.1, 0.15) is 24.0 Å². The number of rotatable bonds is 12. The molecule has 8 heteroatoms. The molecular weight excluding hydrogens is 621 g/mol. The van der Waals surface area contributed by atoms with E-state index in [9.17, 15) is 0 Å². The van der Waals surface area contributed by atoms with Crippen molar-refractivity contribution in [1.82, 2.24) is 19.7 Å². The number of aromatic nitrogens is 1. The molecule has 2 unspecified atom stereocenters. The van der Waals surface area contributed by atoms with Gasteiger partial charge >= 0.3 is 0 Å². The molecule has 50 heavy (non-hydrogen) atoms. The van der Waals surface area contributed by atoms with Gasteiger partial charge in [0.1, 0.15) is 11.5 Å². The number of aliphatic imine (C=N–C) groups is 2. The zero-order valence-electron chi connectivity index (χ0n) is 29.3. The maximum atomic E-state index is 6.18. The zero-order chi connectivity index (χ0) is 34.2. The summed E-state index contributed by atoms with van der Waals surface area (Å²) in [4.78, 5) is 20.8. The van der Waals surface area contributed by atoms with Gasteiger partial charge < -0.3 is 29.2 Å². The lowest BCUT2D eigenvalue weighted by Crippen LogP contribution is -2.18. The molecule has 0 spiro atoms. The monoisotopic (exact) mass is 664 g/mol. The number of allylic oxidation sites excluding steroid dienone is 5. The zero-order valence-corrected chi connectivity index (χ0v) is 29.3. The van der Waals surface area contributed by atoms with E-state index in [4.69, 9.17) is 19.5 Å². The number of ether oxygens (including phenoxy) is 2. The minimum atomic E-state index is 0.265. The third-order valence-electron chi connectivity index (χ3n) is 9.51. The Morgan fingerprint density at radius 2 is 1.40 bits per heavy atom. The van der Waals surface area contributed by atoms with Crippen LogP contribution in [0.15, 0.2) is 124 Å². The first-order valence-corrected chi connectivity index (χ1v) is 17.6. The first-order valence-electron chi connectivity index (χ1n) is 17.6. The number of benzene rings is 2. The van der Waals surface area contributed by atoms with Crippen molar-refractivity contribution in [3.63, 3.8) is 0 Å². The van der Waals surface area contributed by atoms with Gasteiger partial charge in [-0.15, -0.1) is 0 Å². The molecule has 8 nitrogen and oxygen atoms in total. The Hall–Kier alpha value is -5.18. The molecule has 1 saturated heterocycles. The molecule has 2 atom stereocenters. The largest absolute Gasteiger partial charge is 0.494 e. The van der Waals surface area contributed by atoms with Crippen LogP contribution in [0.5, 0.6) is 11.5 Å². The average molecular weight is 665 g/mol. The van der Waals surface area contributed by atoms with Gasteiger partial charge in [-0.3, -0.25) is 0 Å². The van der Waals surface area contributed by atoms with E-state index < -0.39 is 0 Å². The minimum Gasteiger partial charge on any atom is -0.494 e. The summed E-state index contributed by atoms with van der Waals surface area (Å²) in [5.41, 5.74) is 9.33. The highest BCUT2D eigenvalue weighted by molar-refractivity contribution is 6.30. The third kappa shape index (κ3) is 6.69. The summed E-state index contributed by atoms with van der Waals surface area (Å²) in [6, 6.07) is 21.7. The molecule has 0 amide bonds. The Kier molecular flexibility index (Phi) is 8.73. The van der Waals surface area contributed by atoms with Gasteiger partial charge in [-0.2, -0.15) is 0 Å². The number of hydrogen-bond donors (Lipinski definition) is 1. The van der Waals surface area contributed by atoms with Crippen molar-refractivity contribution in [2.45, 2.75) is 24.9 Å². The number of hydrogen-bond acceptors (Lipinski definition) is 7. The van der Waals surface area contributed by atoms with Crippen molar-refractivity contribution in [1.29, 1.82) is 0 Å². The smallest absolute Gasteiger partial charge is 0.119 e. The molecule has 254 valence electrons. The minimum absolute atomic E-state index is 0.265. The maximum Gasteiger partial charge on any atom is 0.119 e. The van der Waals surface area contributed by atoms with Crippen molar-refractivity contribution >= 4 is 28.6 Å². The summed E-state index contributed by atoms with van der Waals surface area (Å²) in [5, 5.41) is 1.98. The fourth-order valence-corrected chi connectivity index (χ4v) is 7.00. The number of nitrogens with one attached hydrogen (secondary N) is 1. The Labute approximate surface area is 294 Å². The molecule has 5 aliphatic heterocycles. The van der Waals surface area contributed by atoms with Gasteiger partial charge in [0.2, 0.25) is 0 Å². The van der Waals surface area contributed by atoms with Gasteiger partial charge in [-0.1, -0.05) is 24.3 Å². The Balaban J connectivity index is 1.17. The quantitative estimate of drug-likeness (QED) is 0.220. The van der Waals surface area contributed by atoms with Crippen molar-refractivity contribution < 1.29 is 9.47 Å². The van der Waals surface area contributed by atoms with Crippen LogP contribution in [0.2, 0.25) is 0 Å². The van der Waals surface area contributed by atoms with Crippen LogP contribution in [0, 0.1) is 0 Å². The number of aromatic amines is 1. The summed E-state index contributed by atoms with van der Waals surface area (Å²) >= 11 is 0. The summed E-state index contributed by atoms with van der Waals surface area (Å²) in [7, 11) is 8.35. The number of H-pyrrole nitrogens is 1. The van der Waals surface area contributed by atoms with E-state index in [0.29, 0.717) is 19.3 Å². The van der Waals surface area contributed by atoms with Crippen LogP contribution < -0.4 is 20.2 Å². The Bertz CT molecular complexity index is 2160. The third-order valence-corrected chi connectivity index (χ3v) is 9.51. The molecular formula is C42H44N6O2. The molecule has 0 aliphatic carbocycles. The molecule has 6 bridgehead atoms. The van der Waals surface area contributed by atoms with Crippen LogP contribution in [-0.2, 0) is 0 Å². The standard InChI is InChI=1S/C42H44N6O2/c1-46(2)19-7-21-49-33-11-5-9-28(23-33)41-35-16-13-30(43-35)25-31-14-18-37(44-31)42(29-10-6-12-34(24-29)50-22-8-20-47(3)4)40-27-39-38(48(39)40)26-32-15-17-36(41)45-32/h5-6,9-18,23-27,38-39,43H,7-8,19-22H2,1-4H3/b30-25-,32-26-,41-35-,42-37-. The molecule has 5 aliphatic rings. The normalized spacial score (nSPS) is 24.2. The first-order chi connectivity index (χ1) is 24.4. The van der Waals surface area contributed by atoms with Crippen molar-refractivity contribution in [3.8, 4) is 11.5 Å². The fraction of sp³-hybridized carbons (Fsp3) is 0.286. The molecule has 1 aromatic heterocycles. The molecule has 6 heterocycles. The second-order valence-corrected chi connectivity index (χ2v) is 13.9. The lowest BCUT2D eigenvalue weighted by molar-refractivity contribution is 0.281. The van der Waals surface area contributed by atoms with Crippen LogP contribution in [-0.4, -0.2) is 97.7 Å². The molecule has 0 saturated carbocycles. The molecule has 3 aromatic rings. The number of fused-ring (bicyclic) bond motifs is 5. The molecule has 1 fully saturated rings. The van der Waals surface area contributed by atoms with Crippen molar-refractivity contribution in [3.05, 3.63) is 136 Å². The van der Waals surface area contributed by atoms with E-state index in [1.165, 1.54) is 5.70 Å². The number of nitrogens with zero attached hydrogens (tertiary/aromatic N) is 5. The highest BCUT2D eigenvalue weighted by Crippen LogP contribution is 2.51. The Morgan fingerprint density at radius 1 is 0.720 bits per heavy atom. The van der Waals surface area contributed by atoms with Crippen molar-refractivity contribution in [2.75, 3.05) is 54.5 Å². The van der Waals surface area contributed by atoms with E-state index in [0.717, 1.165) is 93.2 Å². The lowest BCUT2D eigenvalue weighted by Gasteiger charge is -2.22. The van der Waals surface area contributed by atoms with Gasteiger partial charge in [0.25, 0.3) is 0 Å². The molecule has 8 rings (SSSR count). The molecule has 2 aromatic carbocycles. The summed E-state index contributed by atoms with van der Waals surface area (Å²) in [6.45, 7) is 3.34. The van der Waals surface area contributed by atoms with E-state index in [1.54, 1.807) is 0 Å². The predicted molar refractivity (Wildman–Crippen MR) is 203 cm³/mol. The average Bonchev–Trinajstić information content (AvgIpc) is 3.63. The van der Waals surface area contributed by atoms with Gasteiger partial charge in [0.15, 0.2) is 0 Å². The van der Waals surface area contributed by atoms with Gasteiger partial charge in [-0.05, 0) is 131 Å². The maximum absolute atomic E-state index is 6.18. The summed E-state index contributed by atoms with van der Waals surface area (Å²) in [6.07, 6.45) is 17.2. The van der Waals surface area contributed by atoms with E-state index in [1.807, 2.05) is 12.1 Å². The van der Waals surface area contributed by atoms with Gasteiger partial charge in [-0.25, -0.2) is 9.98 Å². The second kappa shape index (κ2) is 13.6. The van der Waals surface area contributed by atoms with Crippen LogP contribution in [0.4, 0.5) is 0 Å². The SMILES string of the molecule is CN(C)CCCOc1cccc(/C2=C3\C=CC(=N3)/C=c3/cc/c([nH]3)=C(\c3cccc(OCCCN(C)C)c3)C3=N/C(=C\C4C5C=C2N54)C=C3)c1. The van der Waals surface area contributed by atoms with Crippen molar-refractivity contribution in [2.24, 2.45) is 9.98 Å². The lowest BCUT2D eigenvalue weighted by atomic mass is 9.97. The highest BCUT2D eigenvalue weighted by Gasteiger charge is 2.54. The first kappa shape index (κ1) is 32.0. The van der Waals surface area contributed by atoms with Gasteiger partial charge in [0.05, 0.1) is 48.1 Å². The summed E-state index contributed by atoms with van der Waals surface area (Å²) in [5.74, 6) is 1.74. The second-order valence-electron chi connectivity index (χ2n) is 13.9. The molecule has 1 N–H and O–H groups in total.